The van der Waals surface area contributed by atoms with Gasteiger partial charge in [0.1, 0.15) is 24.4 Å². The molecule has 1 aliphatic rings. The molecule has 7 unspecified atom stereocenters. The SMILES string of the molecule is CC/C=C\C/C=C\C/C=C\C/C=C\C/C=C\CCCC(=O)NC(COC1OC(CO)C(O)C(O)C1O)C(O)/C=C/CC/C=C/CCCCCCCCCCCCCCCCCCCC. The van der Waals surface area contributed by atoms with Crippen molar-refractivity contribution in [3.63, 3.8) is 0 Å². The van der Waals surface area contributed by atoms with Gasteiger partial charge in [0.2, 0.25) is 5.91 Å². The van der Waals surface area contributed by atoms with Crippen LogP contribution in [0.15, 0.2) is 85.1 Å². The number of rotatable bonds is 42. The molecule has 0 saturated carbocycles. The van der Waals surface area contributed by atoms with Crippen LogP contribution in [-0.4, -0.2) is 87.5 Å². The Morgan fingerprint density at radius 2 is 0.984 bits per heavy atom. The Hall–Kier alpha value is -2.63. The second-order valence-electron chi connectivity index (χ2n) is 17.6. The third-order valence-corrected chi connectivity index (χ3v) is 11.7. The Bertz CT molecular complexity index is 1270. The van der Waals surface area contributed by atoms with Gasteiger partial charge in [-0.25, -0.2) is 0 Å². The molecule has 6 N–H and O–H groups in total. The summed E-state index contributed by atoms with van der Waals surface area (Å²) in [5, 5.41) is 54.3. The van der Waals surface area contributed by atoms with E-state index in [1.165, 1.54) is 116 Å². The van der Waals surface area contributed by atoms with Crippen LogP contribution in [0.3, 0.4) is 0 Å². The van der Waals surface area contributed by atoms with Crippen LogP contribution in [0.4, 0.5) is 0 Å². The van der Waals surface area contributed by atoms with Gasteiger partial charge < -0.3 is 40.3 Å². The van der Waals surface area contributed by atoms with E-state index in [9.17, 15) is 30.3 Å². The summed E-state index contributed by atoms with van der Waals surface area (Å²) in [4.78, 5) is 13.0. The number of amides is 1. The van der Waals surface area contributed by atoms with Gasteiger partial charge in [-0.3, -0.25) is 4.79 Å². The number of hydrogen-bond donors (Lipinski definition) is 6. The minimum atomic E-state index is -1.59. The van der Waals surface area contributed by atoms with Crippen LogP contribution < -0.4 is 5.32 Å². The predicted octanol–water partition coefficient (Wildman–Crippen LogP) is 11.9. The van der Waals surface area contributed by atoms with E-state index in [0.717, 1.165) is 57.8 Å². The average molecular weight is 898 g/mol. The maximum atomic E-state index is 13.0. The van der Waals surface area contributed by atoms with Gasteiger partial charge in [-0.1, -0.05) is 208 Å². The standard InChI is InChI=1S/C55H95NO8/c1-3-5-7-9-11-13-15-17-19-21-22-23-24-25-26-27-29-30-32-34-36-38-40-42-44-49(58)48(47-63-55-54(62)53(61)52(60)50(46-57)64-55)56-51(59)45-43-41-39-37-35-33-31-28-20-18-16-14-12-10-8-6-4-2/h6,8,12,14,18,20,31,33-34,36-37,39,42,44,48-50,52-55,57-58,60-62H,3-5,7,9-11,13,15-17,19,21-30,32,35,38,40-41,43,45-47H2,1-2H3,(H,56,59)/b8-6-,14-12-,20-18-,33-31-,36-34+,39-37-,44-42+. The molecule has 1 heterocycles. The summed E-state index contributed by atoms with van der Waals surface area (Å²) in [6.07, 6.45) is 55.1. The van der Waals surface area contributed by atoms with Gasteiger partial charge in [0.15, 0.2) is 6.29 Å². The Kier molecular flexibility index (Phi) is 41.0. The van der Waals surface area contributed by atoms with E-state index < -0.39 is 49.5 Å². The highest BCUT2D eigenvalue weighted by atomic mass is 16.7. The highest BCUT2D eigenvalue weighted by molar-refractivity contribution is 5.76. The lowest BCUT2D eigenvalue weighted by Gasteiger charge is -2.40. The molecule has 7 atom stereocenters. The highest BCUT2D eigenvalue weighted by Crippen LogP contribution is 2.22. The molecular formula is C55H95NO8. The molecule has 9 heteroatoms. The lowest BCUT2D eigenvalue weighted by atomic mass is 9.99. The van der Waals surface area contributed by atoms with E-state index in [1.54, 1.807) is 6.08 Å². The van der Waals surface area contributed by atoms with Crippen LogP contribution in [-0.2, 0) is 14.3 Å². The van der Waals surface area contributed by atoms with Crippen molar-refractivity contribution in [1.82, 2.24) is 5.32 Å². The zero-order valence-electron chi connectivity index (χ0n) is 40.5. The maximum Gasteiger partial charge on any atom is 0.220 e. The third-order valence-electron chi connectivity index (χ3n) is 11.7. The van der Waals surface area contributed by atoms with Crippen LogP contribution in [0.25, 0.3) is 0 Å². The average Bonchev–Trinajstić information content (AvgIpc) is 3.29. The number of nitrogens with one attached hydrogen (secondary N) is 1. The second-order valence-corrected chi connectivity index (χ2v) is 17.6. The summed E-state index contributed by atoms with van der Waals surface area (Å²) in [7, 11) is 0. The fourth-order valence-electron chi connectivity index (χ4n) is 7.62. The molecule has 0 radical (unpaired) electrons. The van der Waals surface area contributed by atoms with Gasteiger partial charge in [0.05, 0.1) is 25.4 Å². The number of unbranched alkanes of at least 4 members (excludes halogenated alkanes) is 20. The van der Waals surface area contributed by atoms with E-state index in [4.69, 9.17) is 9.47 Å². The zero-order valence-corrected chi connectivity index (χ0v) is 40.5. The molecule has 1 fully saturated rings. The van der Waals surface area contributed by atoms with E-state index in [0.29, 0.717) is 6.42 Å². The normalized spacial score (nSPS) is 20.8. The third kappa shape index (κ3) is 33.8. The maximum absolute atomic E-state index is 13.0. The number of hydrogen-bond acceptors (Lipinski definition) is 8. The first kappa shape index (κ1) is 59.4. The van der Waals surface area contributed by atoms with Crippen LogP contribution in [0.1, 0.15) is 200 Å². The number of carbonyl (C=O) groups excluding carboxylic acids is 1. The number of ether oxygens (including phenoxy) is 2. The summed E-state index contributed by atoms with van der Waals surface area (Å²) in [6.45, 7) is 3.61. The molecule has 0 aromatic carbocycles. The smallest absolute Gasteiger partial charge is 0.220 e. The van der Waals surface area contributed by atoms with Gasteiger partial charge in [0, 0.05) is 6.42 Å². The molecule has 0 bridgehead atoms. The van der Waals surface area contributed by atoms with E-state index in [2.05, 4.69) is 92.1 Å². The van der Waals surface area contributed by atoms with Crippen molar-refractivity contribution in [2.24, 2.45) is 0 Å². The summed E-state index contributed by atoms with van der Waals surface area (Å²) in [5.41, 5.74) is 0. The summed E-state index contributed by atoms with van der Waals surface area (Å²) in [6, 6.07) is -0.857. The Morgan fingerprint density at radius 3 is 1.50 bits per heavy atom. The van der Waals surface area contributed by atoms with Crippen molar-refractivity contribution < 1.29 is 39.8 Å². The molecule has 0 aromatic heterocycles. The van der Waals surface area contributed by atoms with Gasteiger partial charge in [-0.15, -0.1) is 0 Å². The number of aliphatic hydroxyl groups excluding tert-OH is 5. The predicted molar refractivity (Wildman–Crippen MR) is 267 cm³/mol. The first-order chi connectivity index (χ1) is 31.3. The quantitative estimate of drug-likeness (QED) is 0.0262. The van der Waals surface area contributed by atoms with Crippen molar-refractivity contribution in [1.29, 1.82) is 0 Å². The molecule has 9 nitrogen and oxygen atoms in total. The summed E-state index contributed by atoms with van der Waals surface area (Å²) in [5.74, 6) is -0.246. The Balaban J connectivity index is 2.35. The number of carbonyl (C=O) groups is 1. The number of allylic oxidation sites excluding steroid dienone is 13. The highest BCUT2D eigenvalue weighted by Gasteiger charge is 2.44. The Labute approximate surface area is 391 Å². The lowest BCUT2D eigenvalue weighted by Crippen LogP contribution is -2.60. The van der Waals surface area contributed by atoms with Gasteiger partial charge in [-0.05, 0) is 70.6 Å². The van der Waals surface area contributed by atoms with Crippen molar-refractivity contribution in [3.8, 4) is 0 Å². The molecule has 0 aromatic rings. The molecule has 0 spiro atoms. The van der Waals surface area contributed by atoms with Crippen molar-refractivity contribution in [2.45, 2.75) is 243 Å². The first-order valence-electron chi connectivity index (χ1n) is 25.8. The molecular weight excluding hydrogens is 803 g/mol. The molecule has 1 saturated heterocycles. The molecule has 1 rings (SSSR count). The largest absolute Gasteiger partial charge is 0.394 e. The van der Waals surface area contributed by atoms with E-state index >= 15 is 0 Å². The van der Waals surface area contributed by atoms with Gasteiger partial charge in [-0.2, -0.15) is 0 Å². The second kappa shape index (κ2) is 44.2. The fourth-order valence-corrected chi connectivity index (χ4v) is 7.62. The van der Waals surface area contributed by atoms with Crippen molar-refractivity contribution >= 4 is 5.91 Å². The van der Waals surface area contributed by atoms with E-state index in [-0.39, 0.29) is 18.9 Å². The summed E-state index contributed by atoms with van der Waals surface area (Å²) < 4.78 is 11.2. The minimum absolute atomic E-state index is 0.228. The topological polar surface area (TPSA) is 149 Å². The van der Waals surface area contributed by atoms with Crippen molar-refractivity contribution in [2.75, 3.05) is 13.2 Å². The molecule has 64 heavy (non-hydrogen) atoms. The van der Waals surface area contributed by atoms with Gasteiger partial charge >= 0.3 is 0 Å². The first-order valence-corrected chi connectivity index (χ1v) is 25.8. The molecule has 1 amide bonds. The van der Waals surface area contributed by atoms with Crippen LogP contribution >= 0.6 is 0 Å². The summed E-state index contributed by atoms with van der Waals surface area (Å²) >= 11 is 0. The van der Waals surface area contributed by atoms with Crippen LogP contribution in [0.2, 0.25) is 0 Å². The van der Waals surface area contributed by atoms with Crippen LogP contribution in [0, 0.1) is 0 Å². The fraction of sp³-hybridized carbons (Fsp3) is 0.727. The monoisotopic (exact) mass is 898 g/mol. The number of aliphatic hydroxyl groups is 5. The molecule has 368 valence electrons. The van der Waals surface area contributed by atoms with Crippen molar-refractivity contribution in [3.05, 3.63) is 85.1 Å². The molecule has 1 aliphatic heterocycles. The van der Waals surface area contributed by atoms with Gasteiger partial charge in [0.25, 0.3) is 0 Å². The minimum Gasteiger partial charge on any atom is -0.394 e. The molecule has 0 aliphatic carbocycles. The van der Waals surface area contributed by atoms with Crippen LogP contribution in [0.5, 0.6) is 0 Å². The zero-order chi connectivity index (χ0) is 46.6. The van der Waals surface area contributed by atoms with E-state index in [1.807, 2.05) is 6.08 Å². The lowest BCUT2D eigenvalue weighted by molar-refractivity contribution is -0.302. The Morgan fingerprint density at radius 1 is 0.547 bits per heavy atom.